The molecule has 2 amide bonds. The number of hydrogen-bond donors (Lipinski definition) is 1. The van der Waals surface area contributed by atoms with E-state index >= 15 is 0 Å². The van der Waals surface area contributed by atoms with Gasteiger partial charge in [-0.3, -0.25) is 14.5 Å². The summed E-state index contributed by atoms with van der Waals surface area (Å²) in [6.07, 6.45) is 0. The minimum absolute atomic E-state index is 0.0282. The Hall–Kier alpha value is -1.74. The lowest BCUT2D eigenvalue weighted by Gasteiger charge is -2.35. The molecule has 0 bridgehead atoms. The summed E-state index contributed by atoms with van der Waals surface area (Å²) in [5.41, 5.74) is 1.08. The quantitative estimate of drug-likeness (QED) is 0.664. The third-order valence-electron chi connectivity index (χ3n) is 5.09. The van der Waals surface area contributed by atoms with Crippen molar-refractivity contribution in [1.82, 2.24) is 20.0 Å². The smallest absolute Gasteiger partial charge is 0.264 e. The molecule has 1 aliphatic rings. The van der Waals surface area contributed by atoms with Crippen LogP contribution in [0.15, 0.2) is 46.3 Å². The van der Waals surface area contributed by atoms with E-state index in [1.165, 1.54) is 16.2 Å². The highest BCUT2D eigenvalue weighted by molar-refractivity contribution is 9.11. The molecule has 156 valence electrons. The molecule has 0 radical (unpaired) electrons. The first-order valence-corrected chi connectivity index (χ1v) is 11.3. The number of hydrogen-bond acceptors (Lipinski definition) is 5. The van der Waals surface area contributed by atoms with Crippen LogP contribution in [0, 0.1) is 0 Å². The van der Waals surface area contributed by atoms with Crippen LogP contribution in [0.2, 0.25) is 0 Å². The van der Waals surface area contributed by atoms with E-state index in [9.17, 15) is 9.59 Å². The van der Waals surface area contributed by atoms with Crippen molar-refractivity contribution in [2.75, 3.05) is 53.4 Å². The molecule has 0 saturated carbocycles. The van der Waals surface area contributed by atoms with Gasteiger partial charge in [0.25, 0.3) is 5.91 Å². The van der Waals surface area contributed by atoms with Gasteiger partial charge in [-0.1, -0.05) is 30.3 Å². The van der Waals surface area contributed by atoms with E-state index in [-0.39, 0.29) is 24.4 Å². The van der Waals surface area contributed by atoms with Crippen LogP contribution in [0.5, 0.6) is 0 Å². The Kier molecular flexibility index (Phi) is 7.83. The fourth-order valence-corrected chi connectivity index (χ4v) is 4.73. The maximum Gasteiger partial charge on any atom is 0.264 e. The Balaban J connectivity index is 1.62. The number of halogens is 1. The summed E-state index contributed by atoms with van der Waals surface area (Å²) < 4.78 is 0.898. The number of carbonyl (C=O) groups is 2. The highest BCUT2D eigenvalue weighted by Gasteiger charge is 2.23. The molecule has 2 aromatic rings. The largest absolute Gasteiger partial charge is 0.346 e. The number of thiophene rings is 1. The monoisotopic (exact) mass is 478 g/mol. The number of rotatable bonds is 7. The van der Waals surface area contributed by atoms with Crippen molar-refractivity contribution in [3.63, 3.8) is 0 Å². The van der Waals surface area contributed by atoms with E-state index in [1.807, 2.05) is 36.4 Å². The molecule has 2 heterocycles. The van der Waals surface area contributed by atoms with Crippen LogP contribution in [0.25, 0.3) is 0 Å². The number of likely N-dealkylation sites (N-methyl/N-ethyl adjacent to an activating group) is 2. The fraction of sp³-hybridized carbons (Fsp3) is 0.429. The van der Waals surface area contributed by atoms with Gasteiger partial charge in [0.05, 0.1) is 21.3 Å². The summed E-state index contributed by atoms with van der Waals surface area (Å²) in [4.78, 5) is 32.0. The molecule has 1 atom stereocenters. The molecule has 1 unspecified atom stereocenters. The lowest BCUT2D eigenvalue weighted by Crippen LogP contribution is -2.48. The molecule has 3 rings (SSSR count). The molecule has 1 saturated heterocycles. The van der Waals surface area contributed by atoms with Crippen LogP contribution in [-0.4, -0.2) is 79.9 Å². The van der Waals surface area contributed by atoms with Crippen LogP contribution < -0.4 is 5.32 Å². The van der Waals surface area contributed by atoms with Crippen molar-refractivity contribution in [1.29, 1.82) is 0 Å². The molecule has 1 fully saturated rings. The number of piperazine rings is 1. The van der Waals surface area contributed by atoms with Gasteiger partial charge >= 0.3 is 0 Å². The molecule has 1 aromatic carbocycles. The Morgan fingerprint density at radius 3 is 2.45 bits per heavy atom. The zero-order valence-corrected chi connectivity index (χ0v) is 19.2. The third kappa shape index (κ3) is 6.37. The van der Waals surface area contributed by atoms with Crippen LogP contribution in [0.1, 0.15) is 21.3 Å². The molecule has 1 aliphatic heterocycles. The van der Waals surface area contributed by atoms with Gasteiger partial charge in [-0.25, -0.2) is 0 Å². The van der Waals surface area contributed by atoms with Crippen LogP contribution >= 0.6 is 27.3 Å². The second kappa shape index (κ2) is 10.3. The highest BCUT2D eigenvalue weighted by Crippen LogP contribution is 2.23. The maximum atomic E-state index is 12.7. The molecule has 0 aliphatic carbocycles. The second-order valence-corrected chi connectivity index (χ2v) is 9.86. The molecule has 29 heavy (non-hydrogen) atoms. The lowest BCUT2D eigenvalue weighted by atomic mass is 10.1. The first kappa shape index (κ1) is 22.0. The summed E-state index contributed by atoms with van der Waals surface area (Å²) in [6, 6.07) is 13.5. The van der Waals surface area contributed by atoms with Crippen molar-refractivity contribution in [2.45, 2.75) is 6.04 Å². The first-order chi connectivity index (χ1) is 13.9. The fourth-order valence-electron chi connectivity index (χ4n) is 3.35. The Morgan fingerprint density at radius 2 is 1.83 bits per heavy atom. The standard InChI is InChI=1S/C21H27BrN4O2S/c1-24-10-12-26(13-11-24)14-17(16-6-4-3-5-7-16)23-20(27)15-25(2)21(28)18-8-9-19(22)29-18/h3-9,17H,10-15H2,1-2H3,(H,23,27). The number of benzene rings is 1. The van der Waals surface area contributed by atoms with E-state index in [0.717, 1.165) is 42.1 Å². The average Bonchev–Trinajstić information content (AvgIpc) is 3.15. The molecule has 1 N–H and O–H groups in total. The van der Waals surface area contributed by atoms with Crippen molar-refractivity contribution in [2.24, 2.45) is 0 Å². The summed E-state index contributed by atoms with van der Waals surface area (Å²) in [7, 11) is 3.79. The number of nitrogens with one attached hydrogen (secondary N) is 1. The SMILES string of the molecule is CN1CCN(CC(NC(=O)CN(C)C(=O)c2ccc(Br)s2)c2ccccc2)CC1. The highest BCUT2D eigenvalue weighted by atomic mass is 79.9. The van der Waals surface area contributed by atoms with Gasteiger partial charge in [0.1, 0.15) is 0 Å². The summed E-state index contributed by atoms with van der Waals surface area (Å²) in [6.45, 7) is 4.83. The summed E-state index contributed by atoms with van der Waals surface area (Å²) in [5.74, 6) is -0.300. The van der Waals surface area contributed by atoms with E-state index in [4.69, 9.17) is 0 Å². The normalized spacial score (nSPS) is 16.4. The molecule has 6 nitrogen and oxygen atoms in total. The predicted molar refractivity (Wildman–Crippen MR) is 120 cm³/mol. The average molecular weight is 479 g/mol. The minimum atomic E-state index is -0.153. The van der Waals surface area contributed by atoms with E-state index in [2.05, 4.69) is 38.1 Å². The number of amides is 2. The summed E-state index contributed by atoms with van der Waals surface area (Å²) >= 11 is 4.74. The minimum Gasteiger partial charge on any atom is -0.346 e. The van der Waals surface area contributed by atoms with Gasteiger partial charge in [-0.15, -0.1) is 11.3 Å². The lowest BCUT2D eigenvalue weighted by molar-refractivity contribution is -0.122. The summed E-state index contributed by atoms with van der Waals surface area (Å²) in [5, 5.41) is 3.14. The zero-order chi connectivity index (χ0) is 20.8. The topological polar surface area (TPSA) is 55.9 Å². The number of nitrogens with zero attached hydrogens (tertiary/aromatic N) is 3. The van der Waals surface area contributed by atoms with Crippen molar-refractivity contribution in [3.8, 4) is 0 Å². The van der Waals surface area contributed by atoms with Gasteiger partial charge < -0.3 is 15.1 Å². The number of carbonyl (C=O) groups excluding carboxylic acids is 2. The van der Waals surface area contributed by atoms with E-state index in [1.54, 1.807) is 13.1 Å². The van der Waals surface area contributed by atoms with Crippen molar-refractivity contribution >= 4 is 39.1 Å². The van der Waals surface area contributed by atoms with E-state index in [0.29, 0.717) is 4.88 Å². The molecule has 1 aromatic heterocycles. The Morgan fingerprint density at radius 1 is 1.14 bits per heavy atom. The van der Waals surface area contributed by atoms with E-state index < -0.39 is 0 Å². The van der Waals surface area contributed by atoms with Gasteiger partial charge in [-0.05, 0) is 40.7 Å². The second-order valence-electron chi connectivity index (χ2n) is 7.40. The van der Waals surface area contributed by atoms with Crippen molar-refractivity contribution < 1.29 is 9.59 Å². The van der Waals surface area contributed by atoms with Crippen LogP contribution in [0.3, 0.4) is 0 Å². The Labute approximate surface area is 184 Å². The first-order valence-electron chi connectivity index (χ1n) is 9.68. The van der Waals surface area contributed by atoms with Gasteiger partial charge in [0.2, 0.25) is 5.91 Å². The van der Waals surface area contributed by atoms with Crippen molar-refractivity contribution in [3.05, 3.63) is 56.7 Å². The molecular formula is C21H27BrN4O2S. The maximum absolute atomic E-state index is 12.7. The van der Waals surface area contributed by atoms with Crippen LogP contribution in [-0.2, 0) is 4.79 Å². The van der Waals surface area contributed by atoms with Gasteiger partial charge in [0, 0.05) is 39.8 Å². The predicted octanol–water partition coefficient (Wildman–Crippen LogP) is 2.69. The third-order valence-corrected chi connectivity index (χ3v) is 6.70. The van der Waals surface area contributed by atoms with Gasteiger partial charge in [-0.2, -0.15) is 0 Å². The Bertz CT molecular complexity index is 821. The van der Waals surface area contributed by atoms with Crippen LogP contribution in [0.4, 0.5) is 0 Å². The molecule has 8 heteroatoms. The van der Waals surface area contributed by atoms with Gasteiger partial charge in [0.15, 0.2) is 0 Å². The zero-order valence-electron chi connectivity index (χ0n) is 16.8. The molecule has 0 spiro atoms. The molecular weight excluding hydrogens is 452 g/mol.